The minimum atomic E-state index is -0.458. The Kier molecular flexibility index (Phi) is 3.46. The van der Waals surface area contributed by atoms with Crippen LogP contribution in [0, 0.1) is 0 Å². The van der Waals surface area contributed by atoms with Crippen molar-refractivity contribution in [2.75, 3.05) is 44.4 Å². The lowest BCUT2D eigenvalue weighted by molar-refractivity contribution is -0.144. The van der Waals surface area contributed by atoms with Crippen LogP contribution in [-0.2, 0) is 14.3 Å². The number of ether oxygens (including phenoxy) is 2. The smallest absolute Gasteiger partial charge is 0.253 e. The first-order valence-electron chi connectivity index (χ1n) is 6.42. The number of amides is 1. The van der Waals surface area contributed by atoms with Gasteiger partial charge < -0.3 is 19.7 Å². The van der Waals surface area contributed by atoms with Crippen LogP contribution in [0.4, 0.5) is 5.69 Å². The normalized spacial score (nSPS) is 28.4. The molecule has 1 aromatic rings. The molecule has 2 fully saturated rings. The molecule has 3 heterocycles. The van der Waals surface area contributed by atoms with Crippen molar-refractivity contribution < 1.29 is 14.3 Å². The Labute approximate surface area is 111 Å². The molecule has 1 atom stereocenters. The standard InChI is InChI=1S/C13H17N3O3/c17-12-7-19-13(8-15-4-5-18-10-13)9-16(12)11-2-1-3-14-6-11/h1-3,6,15H,4-5,7-10H2/t13-/m0/s1. The van der Waals surface area contributed by atoms with Crippen molar-refractivity contribution in [3.8, 4) is 0 Å². The molecular formula is C13H17N3O3. The van der Waals surface area contributed by atoms with Gasteiger partial charge in [0.2, 0.25) is 0 Å². The van der Waals surface area contributed by atoms with Crippen molar-refractivity contribution in [3.63, 3.8) is 0 Å². The summed E-state index contributed by atoms with van der Waals surface area (Å²) < 4.78 is 11.3. The largest absolute Gasteiger partial charge is 0.377 e. The maximum Gasteiger partial charge on any atom is 0.253 e. The third kappa shape index (κ3) is 2.60. The highest BCUT2D eigenvalue weighted by Crippen LogP contribution is 2.24. The van der Waals surface area contributed by atoms with Gasteiger partial charge in [0, 0.05) is 19.3 Å². The number of nitrogens with one attached hydrogen (secondary N) is 1. The van der Waals surface area contributed by atoms with E-state index in [-0.39, 0.29) is 12.5 Å². The van der Waals surface area contributed by atoms with Crippen molar-refractivity contribution in [3.05, 3.63) is 24.5 Å². The molecule has 1 aromatic heterocycles. The van der Waals surface area contributed by atoms with E-state index in [4.69, 9.17) is 9.47 Å². The van der Waals surface area contributed by atoms with Gasteiger partial charge in [0.15, 0.2) is 0 Å². The molecule has 1 amide bonds. The molecule has 6 nitrogen and oxygen atoms in total. The molecule has 2 aliphatic rings. The van der Waals surface area contributed by atoms with Crippen LogP contribution in [-0.4, -0.2) is 55.9 Å². The Hall–Kier alpha value is -1.50. The number of morpholine rings is 1. The summed E-state index contributed by atoms with van der Waals surface area (Å²) in [6, 6.07) is 3.71. The lowest BCUT2D eigenvalue weighted by Gasteiger charge is -2.41. The Morgan fingerprint density at radius 1 is 1.47 bits per heavy atom. The monoisotopic (exact) mass is 263 g/mol. The predicted molar refractivity (Wildman–Crippen MR) is 69.0 cm³/mol. The molecule has 1 N–H and O–H groups in total. The average molecular weight is 263 g/mol. The highest BCUT2D eigenvalue weighted by molar-refractivity contribution is 5.95. The van der Waals surface area contributed by atoms with Crippen LogP contribution in [0.2, 0.25) is 0 Å². The number of nitrogens with zero attached hydrogens (tertiary/aromatic N) is 2. The van der Waals surface area contributed by atoms with Gasteiger partial charge >= 0.3 is 0 Å². The summed E-state index contributed by atoms with van der Waals surface area (Å²) in [6.07, 6.45) is 3.39. The lowest BCUT2D eigenvalue weighted by atomic mass is 10.0. The SMILES string of the molecule is O=C1CO[C@@]2(CNCCOC2)CN1c1cccnc1. The van der Waals surface area contributed by atoms with Gasteiger partial charge in [-0.25, -0.2) is 0 Å². The number of anilines is 1. The molecule has 0 aliphatic carbocycles. The number of hydrogen-bond donors (Lipinski definition) is 1. The van der Waals surface area contributed by atoms with E-state index in [0.29, 0.717) is 26.3 Å². The van der Waals surface area contributed by atoms with Crippen LogP contribution in [0.25, 0.3) is 0 Å². The van der Waals surface area contributed by atoms with Crippen LogP contribution in [0.5, 0.6) is 0 Å². The fraction of sp³-hybridized carbons (Fsp3) is 0.538. The Bertz CT molecular complexity index is 444. The van der Waals surface area contributed by atoms with Crippen molar-refractivity contribution in [2.24, 2.45) is 0 Å². The summed E-state index contributed by atoms with van der Waals surface area (Å²) in [7, 11) is 0. The van der Waals surface area contributed by atoms with E-state index in [1.807, 2.05) is 12.1 Å². The van der Waals surface area contributed by atoms with E-state index in [2.05, 4.69) is 10.3 Å². The number of rotatable bonds is 1. The number of pyridine rings is 1. The summed E-state index contributed by atoms with van der Waals surface area (Å²) in [5.74, 6) is -0.0390. The van der Waals surface area contributed by atoms with Crippen molar-refractivity contribution in [1.82, 2.24) is 10.3 Å². The van der Waals surface area contributed by atoms with Crippen molar-refractivity contribution >= 4 is 11.6 Å². The van der Waals surface area contributed by atoms with Gasteiger partial charge in [0.25, 0.3) is 5.91 Å². The zero-order chi connectivity index (χ0) is 13.1. The van der Waals surface area contributed by atoms with Crippen LogP contribution in [0.1, 0.15) is 0 Å². The maximum absolute atomic E-state index is 12.0. The van der Waals surface area contributed by atoms with Gasteiger partial charge in [-0.3, -0.25) is 9.78 Å². The molecule has 1 spiro atoms. The zero-order valence-electron chi connectivity index (χ0n) is 10.7. The molecule has 6 heteroatoms. The van der Waals surface area contributed by atoms with Gasteiger partial charge in [-0.05, 0) is 12.1 Å². The second-order valence-electron chi connectivity index (χ2n) is 4.89. The number of carbonyl (C=O) groups excluding carboxylic acids is 1. The highest BCUT2D eigenvalue weighted by Gasteiger charge is 2.41. The van der Waals surface area contributed by atoms with E-state index >= 15 is 0 Å². The molecule has 0 bridgehead atoms. The molecule has 0 unspecified atom stereocenters. The second-order valence-corrected chi connectivity index (χ2v) is 4.89. The molecule has 0 saturated carbocycles. The zero-order valence-corrected chi connectivity index (χ0v) is 10.7. The molecule has 2 aliphatic heterocycles. The fourth-order valence-electron chi connectivity index (χ4n) is 2.43. The topological polar surface area (TPSA) is 63.7 Å². The van der Waals surface area contributed by atoms with Crippen LogP contribution in [0.3, 0.4) is 0 Å². The minimum Gasteiger partial charge on any atom is -0.377 e. The molecule has 2 saturated heterocycles. The summed E-state index contributed by atoms with van der Waals surface area (Å²) in [4.78, 5) is 17.8. The Balaban J connectivity index is 1.82. The first-order valence-corrected chi connectivity index (χ1v) is 6.42. The molecule has 0 aromatic carbocycles. The summed E-state index contributed by atoms with van der Waals surface area (Å²) >= 11 is 0. The molecular weight excluding hydrogens is 246 g/mol. The number of aromatic nitrogens is 1. The lowest BCUT2D eigenvalue weighted by Crippen LogP contribution is -2.60. The van der Waals surface area contributed by atoms with E-state index in [1.54, 1.807) is 17.3 Å². The van der Waals surface area contributed by atoms with E-state index in [9.17, 15) is 4.79 Å². The molecule has 3 rings (SSSR count). The minimum absolute atomic E-state index is 0.0390. The van der Waals surface area contributed by atoms with Gasteiger partial charge in [0.1, 0.15) is 12.2 Å². The van der Waals surface area contributed by atoms with Crippen molar-refractivity contribution in [1.29, 1.82) is 0 Å². The van der Waals surface area contributed by atoms with Gasteiger partial charge in [-0.1, -0.05) is 0 Å². The highest BCUT2D eigenvalue weighted by atomic mass is 16.5. The van der Waals surface area contributed by atoms with Gasteiger partial charge in [0.05, 0.1) is 31.6 Å². The number of carbonyl (C=O) groups is 1. The second kappa shape index (κ2) is 5.24. The fourth-order valence-corrected chi connectivity index (χ4v) is 2.43. The van der Waals surface area contributed by atoms with E-state index in [0.717, 1.165) is 12.2 Å². The van der Waals surface area contributed by atoms with Crippen LogP contribution >= 0.6 is 0 Å². The third-order valence-corrected chi connectivity index (χ3v) is 3.44. The van der Waals surface area contributed by atoms with Crippen molar-refractivity contribution in [2.45, 2.75) is 5.60 Å². The maximum atomic E-state index is 12.0. The van der Waals surface area contributed by atoms with Gasteiger partial charge in [-0.2, -0.15) is 0 Å². The molecule has 19 heavy (non-hydrogen) atoms. The summed E-state index contributed by atoms with van der Waals surface area (Å²) in [5.41, 5.74) is 0.347. The Morgan fingerprint density at radius 3 is 3.26 bits per heavy atom. The van der Waals surface area contributed by atoms with Crippen LogP contribution in [0.15, 0.2) is 24.5 Å². The first-order chi connectivity index (χ1) is 9.29. The molecule has 0 radical (unpaired) electrons. The average Bonchev–Trinajstić information content (AvgIpc) is 2.69. The van der Waals surface area contributed by atoms with Crippen LogP contribution < -0.4 is 10.2 Å². The predicted octanol–water partition coefficient (Wildman–Crippen LogP) is -0.197. The van der Waals surface area contributed by atoms with E-state index < -0.39 is 5.60 Å². The molecule has 102 valence electrons. The third-order valence-electron chi connectivity index (χ3n) is 3.44. The number of hydrogen-bond acceptors (Lipinski definition) is 5. The summed E-state index contributed by atoms with van der Waals surface area (Å²) in [5, 5.41) is 3.29. The van der Waals surface area contributed by atoms with Gasteiger partial charge in [-0.15, -0.1) is 0 Å². The Morgan fingerprint density at radius 2 is 2.42 bits per heavy atom. The van der Waals surface area contributed by atoms with E-state index in [1.165, 1.54) is 0 Å². The summed E-state index contributed by atoms with van der Waals surface area (Å²) in [6.45, 7) is 3.25. The first kappa shape index (κ1) is 12.5. The quantitative estimate of drug-likeness (QED) is 0.760.